The van der Waals surface area contributed by atoms with Gasteiger partial charge in [0.15, 0.2) is 0 Å². The van der Waals surface area contributed by atoms with Gasteiger partial charge >= 0.3 is 0 Å². The zero-order valence-corrected chi connectivity index (χ0v) is 22.8. The lowest BCUT2D eigenvalue weighted by Crippen LogP contribution is -2.23. The molecule has 1 N–H and O–H groups in total. The van der Waals surface area contributed by atoms with E-state index in [1.165, 1.54) is 40.2 Å². The molecule has 2 aromatic carbocycles. The summed E-state index contributed by atoms with van der Waals surface area (Å²) in [5.41, 5.74) is 6.96. The minimum absolute atomic E-state index is 0.258. The first-order chi connectivity index (χ1) is 19.6. The Bertz CT molecular complexity index is 1740. The minimum atomic E-state index is -0.408. The number of benzene rings is 2. The number of imidazole rings is 1. The van der Waals surface area contributed by atoms with Crippen LogP contribution in [0.2, 0.25) is 0 Å². The van der Waals surface area contributed by atoms with E-state index in [1.54, 1.807) is 30.7 Å². The van der Waals surface area contributed by atoms with Gasteiger partial charge in [-0.25, -0.2) is 14.4 Å². The molecule has 0 fully saturated rings. The molecular weight excluding hydrogens is 527 g/mol. The Kier molecular flexibility index (Phi) is 7.25. The molecule has 6 rings (SSSR count). The van der Waals surface area contributed by atoms with Crippen LogP contribution in [0, 0.1) is 5.82 Å². The number of rotatable bonds is 8. The Balaban J connectivity index is 1.61. The fraction of sp³-hybridized carbons (Fsp3) is 0.194. The van der Waals surface area contributed by atoms with Gasteiger partial charge in [0.05, 0.1) is 12.3 Å². The predicted octanol–water partition coefficient (Wildman–Crippen LogP) is 6.13. The highest BCUT2D eigenvalue weighted by molar-refractivity contribution is 7.18. The van der Waals surface area contributed by atoms with Crippen molar-refractivity contribution in [2.24, 2.45) is 0 Å². The largest absolute Gasteiger partial charge is 0.490 e. The number of pyridine rings is 1. The van der Waals surface area contributed by atoms with E-state index in [0.717, 1.165) is 46.4 Å². The van der Waals surface area contributed by atoms with Crippen molar-refractivity contribution in [1.29, 1.82) is 0 Å². The van der Waals surface area contributed by atoms with Crippen LogP contribution in [0.25, 0.3) is 43.9 Å². The van der Waals surface area contributed by atoms with Crippen molar-refractivity contribution in [3.05, 3.63) is 90.0 Å². The number of allylic oxidation sites excluding steroid dienone is 1. The molecule has 0 spiro atoms. The summed E-state index contributed by atoms with van der Waals surface area (Å²) in [5, 5.41) is 6.43. The maximum atomic E-state index is 14.4. The summed E-state index contributed by atoms with van der Waals surface area (Å²) in [6.45, 7) is 5.99. The summed E-state index contributed by atoms with van der Waals surface area (Å²) in [6, 6.07) is 13.0. The standard InChI is InChI=1S/C31H27FN4O3S/c1-3-27(37)36-17-25(34-18-36)30-28(23-7-6-22(32)15-26(23)39-12-11-38-2)31-24(9-13-40-31)29(35-30)20-4-5-21-16-33-10-8-19(21)14-20/h3-7,9,13-15,17-18,33H,1,8,10-12,16H2,2H3. The van der Waals surface area contributed by atoms with Crippen molar-refractivity contribution in [2.45, 2.75) is 13.0 Å². The fourth-order valence-corrected chi connectivity index (χ4v) is 5.99. The van der Waals surface area contributed by atoms with Crippen LogP contribution in [0.1, 0.15) is 15.9 Å². The number of hydrogen-bond donors (Lipinski definition) is 1. The number of ether oxygens (including phenoxy) is 2. The third-order valence-electron chi connectivity index (χ3n) is 6.99. The average molecular weight is 555 g/mol. The zero-order chi connectivity index (χ0) is 27.6. The number of carbonyl (C=O) groups is 1. The smallest absolute Gasteiger partial charge is 0.255 e. The van der Waals surface area contributed by atoms with E-state index in [4.69, 9.17) is 14.5 Å². The Labute approximate surface area is 234 Å². The highest BCUT2D eigenvalue weighted by Crippen LogP contribution is 2.46. The van der Waals surface area contributed by atoms with Crippen molar-refractivity contribution in [3.8, 4) is 39.5 Å². The van der Waals surface area contributed by atoms with E-state index < -0.39 is 5.82 Å². The van der Waals surface area contributed by atoms with Crippen LogP contribution in [0.15, 0.2) is 73.0 Å². The molecular formula is C31H27FN4O3S. The maximum Gasteiger partial charge on any atom is 0.255 e. The van der Waals surface area contributed by atoms with Gasteiger partial charge in [-0.1, -0.05) is 18.7 Å². The van der Waals surface area contributed by atoms with E-state index in [-0.39, 0.29) is 12.5 Å². The second-order valence-corrected chi connectivity index (χ2v) is 10.4. The number of carbonyl (C=O) groups excluding carboxylic acids is 1. The van der Waals surface area contributed by atoms with Gasteiger partial charge in [0, 0.05) is 52.7 Å². The van der Waals surface area contributed by atoms with Crippen LogP contribution in [0.4, 0.5) is 4.39 Å². The highest BCUT2D eigenvalue weighted by atomic mass is 32.1. The molecule has 1 aliphatic rings. The normalized spacial score (nSPS) is 12.8. The van der Waals surface area contributed by atoms with Crippen LogP contribution < -0.4 is 10.1 Å². The number of aromatic nitrogens is 3. The first kappa shape index (κ1) is 26.1. The van der Waals surface area contributed by atoms with Crippen molar-refractivity contribution in [1.82, 2.24) is 19.9 Å². The molecule has 0 bridgehead atoms. The van der Waals surface area contributed by atoms with E-state index in [2.05, 4.69) is 41.1 Å². The first-order valence-electron chi connectivity index (χ1n) is 12.9. The van der Waals surface area contributed by atoms with Gasteiger partial charge in [0.2, 0.25) is 0 Å². The van der Waals surface area contributed by atoms with Crippen LogP contribution >= 0.6 is 11.3 Å². The molecule has 0 radical (unpaired) electrons. The number of nitrogens with zero attached hydrogens (tertiary/aromatic N) is 3. The number of methoxy groups -OCH3 is 1. The summed E-state index contributed by atoms with van der Waals surface area (Å²) in [6.07, 6.45) is 5.28. The molecule has 7 nitrogen and oxygen atoms in total. The third-order valence-corrected chi connectivity index (χ3v) is 7.92. The predicted molar refractivity (Wildman–Crippen MR) is 155 cm³/mol. The summed E-state index contributed by atoms with van der Waals surface area (Å²) in [7, 11) is 1.59. The molecule has 1 aliphatic heterocycles. The molecule has 0 aliphatic carbocycles. The molecule has 5 aromatic rings. The van der Waals surface area contributed by atoms with Gasteiger partial charge in [-0.05, 0) is 59.8 Å². The lowest BCUT2D eigenvalue weighted by molar-refractivity contribution is 0.0969. The van der Waals surface area contributed by atoms with Crippen LogP contribution in [0.5, 0.6) is 5.75 Å². The van der Waals surface area contributed by atoms with E-state index >= 15 is 0 Å². The number of hydrogen-bond acceptors (Lipinski definition) is 7. The third kappa shape index (κ3) is 4.83. The molecule has 202 valence electrons. The topological polar surface area (TPSA) is 78.3 Å². The number of thiophene rings is 1. The van der Waals surface area contributed by atoms with Gasteiger partial charge in [0.25, 0.3) is 5.91 Å². The summed E-state index contributed by atoms with van der Waals surface area (Å²) in [5.74, 6) is -0.328. The van der Waals surface area contributed by atoms with Crippen LogP contribution in [0.3, 0.4) is 0 Å². The van der Waals surface area contributed by atoms with Gasteiger partial charge in [-0.2, -0.15) is 0 Å². The Morgan fingerprint density at radius 3 is 2.92 bits per heavy atom. The summed E-state index contributed by atoms with van der Waals surface area (Å²) >= 11 is 1.57. The molecule has 0 saturated carbocycles. The molecule has 9 heteroatoms. The molecule has 0 amide bonds. The molecule has 4 heterocycles. The van der Waals surface area contributed by atoms with Crippen molar-refractivity contribution >= 4 is 27.3 Å². The fourth-order valence-electron chi connectivity index (χ4n) is 5.03. The van der Waals surface area contributed by atoms with Crippen LogP contribution in [-0.4, -0.2) is 47.3 Å². The van der Waals surface area contributed by atoms with Crippen molar-refractivity contribution in [2.75, 3.05) is 26.9 Å². The summed E-state index contributed by atoms with van der Waals surface area (Å²) < 4.78 is 27.9. The molecule has 40 heavy (non-hydrogen) atoms. The Hall–Kier alpha value is -4.18. The molecule has 0 atom stereocenters. The first-order valence-corrected chi connectivity index (χ1v) is 13.8. The Morgan fingerprint density at radius 2 is 2.08 bits per heavy atom. The SMILES string of the molecule is C=CC(=O)n1cnc(-c2nc(-c3ccc4c(c3)CCNC4)c3ccsc3c2-c2ccc(F)cc2OCCOC)c1. The van der Waals surface area contributed by atoms with Crippen molar-refractivity contribution < 1.29 is 18.7 Å². The average Bonchev–Trinajstić information content (AvgIpc) is 3.67. The van der Waals surface area contributed by atoms with E-state index in [9.17, 15) is 9.18 Å². The second-order valence-electron chi connectivity index (χ2n) is 9.45. The Morgan fingerprint density at radius 1 is 1.18 bits per heavy atom. The summed E-state index contributed by atoms with van der Waals surface area (Å²) in [4.78, 5) is 22.1. The quantitative estimate of drug-likeness (QED) is 0.184. The lowest BCUT2D eigenvalue weighted by Gasteiger charge is -2.19. The van der Waals surface area contributed by atoms with E-state index in [1.807, 2.05) is 5.38 Å². The lowest BCUT2D eigenvalue weighted by atomic mass is 9.94. The van der Waals surface area contributed by atoms with Crippen molar-refractivity contribution in [3.63, 3.8) is 0 Å². The monoisotopic (exact) mass is 554 g/mol. The highest BCUT2D eigenvalue weighted by Gasteiger charge is 2.24. The minimum Gasteiger partial charge on any atom is -0.490 e. The molecule has 0 unspecified atom stereocenters. The number of halogens is 1. The van der Waals surface area contributed by atoms with Crippen LogP contribution in [-0.2, 0) is 17.7 Å². The molecule has 0 saturated heterocycles. The van der Waals surface area contributed by atoms with Gasteiger partial charge in [0.1, 0.15) is 35.9 Å². The second kappa shape index (κ2) is 11.1. The number of fused-ring (bicyclic) bond motifs is 2. The van der Waals surface area contributed by atoms with Gasteiger partial charge in [-0.3, -0.25) is 9.36 Å². The van der Waals surface area contributed by atoms with E-state index in [0.29, 0.717) is 29.3 Å². The van der Waals surface area contributed by atoms with Gasteiger partial charge in [-0.15, -0.1) is 11.3 Å². The maximum absolute atomic E-state index is 14.4. The van der Waals surface area contributed by atoms with Gasteiger partial charge < -0.3 is 14.8 Å². The zero-order valence-electron chi connectivity index (χ0n) is 21.9. The number of nitrogens with one attached hydrogen (secondary N) is 1. The molecule has 3 aromatic heterocycles.